The molecule has 34 heavy (non-hydrogen) atoms. The van der Waals surface area contributed by atoms with E-state index in [0.29, 0.717) is 32.4 Å². The van der Waals surface area contributed by atoms with Crippen LogP contribution in [0.2, 0.25) is 0 Å². The number of alkyl halides is 3. The maximum atomic E-state index is 13.0. The summed E-state index contributed by atoms with van der Waals surface area (Å²) in [4.78, 5) is 14.7. The molecule has 1 saturated heterocycles. The number of hydrogen-bond acceptors (Lipinski definition) is 5. The molecular formula is C23H25F3N2O4S2. The average Bonchev–Trinajstić information content (AvgIpc) is 3.38. The zero-order valence-corrected chi connectivity index (χ0v) is 20.0. The number of hydrogen-bond donors (Lipinski definition) is 1. The van der Waals surface area contributed by atoms with Crippen LogP contribution >= 0.6 is 11.3 Å². The van der Waals surface area contributed by atoms with E-state index in [-0.39, 0.29) is 22.3 Å². The molecule has 0 bridgehead atoms. The minimum atomic E-state index is -4.83. The number of sulfonamides is 1. The number of aryl methyl sites for hydroxylation is 2. The Labute approximate surface area is 200 Å². The van der Waals surface area contributed by atoms with Crippen LogP contribution in [-0.4, -0.2) is 44.1 Å². The maximum absolute atomic E-state index is 13.0. The quantitative estimate of drug-likeness (QED) is 0.638. The van der Waals surface area contributed by atoms with Gasteiger partial charge in [0.15, 0.2) is 0 Å². The summed E-state index contributed by atoms with van der Waals surface area (Å²) in [5.41, 5.74) is 1.13. The minimum Gasteiger partial charge on any atom is -0.406 e. The zero-order valence-electron chi connectivity index (χ0n) is 18.4. The van der Waals surface area contributed by atoms with Crippen molar-refractivity contribution in [3.05, 3.63) is 45.6 Å². The van der Waals surface area contributed by atoms with Crippen molar-refractivity contribution in [2.75, 3.05) is 13.1 Å². The molecule has 5 rings (SSSR count). The van der Waals surface area contributed by atoms with Gasteiger partial charge in [-0.05, 0) is 86.3 Å². The highest BCUT2D eigenvalue weighted by atomic mass is 32.2. The Hall–Kier alpha value is -2.11. The monoisotopic (exact) mass is 514 g/mol. The van der Waals surface area contributed by atoms with Gasteiger partial charge < -0.3 is 10.1 Å². The average molecular weight is 515 g/mol. The first-order valence-electron chi connectivity index (χ1n) is 11.3. The van der Waals surface area contributed by atoms with Gasteiger partial charge in [0.25, 0.3) is 5.91 Å². The van der Waals surface area contributed by atoms with E-state index < -0.39 is 22.1 Å². The molecule has 1 aliphatic heterocycles. The predicted molar refractivity (Wildman–Crippen MR) is 120 cm³/mol. The highest BCUT2D eigenvalue weighted by molar-refractivity contribution is 7.89. The number of halogens is 3. The van der Waals surface area contributed by atoms with Crippen LogP contribution in [0.4, 0.5) is 13.2 Å². The van der Waals surface area contributed by atoms with Gasteiger partial charge in [0.2, 0.25) is 10.0 Å². The van der Waals surface area contributed by atoms with Crippen molar-refractivity contribution in [3.8, 4) is 5.75 Å². The summed E-state index contributed by atoms with van der Waals surface area (Å²) in [5, 5.41) is 3.10. The summed E-state index contributed by atoms with van der Waals surface area (Å²) in [6.07, 6.45) is 1.71. The SMILES string of the molecule is O=C(NC1CC2(CCN(S(=O)(=O)c3ccc(OC(F)(F)F)cc3)C2)C1)c1cc2c(s1)CCCC2. The van der Waals surface area contributed by atoms with Crippen LogP contribution in [0.15, 0.2) is 35.2 Å². The van der Waals surface area contributed by atoms with Crippen molar-refractivity contribution in [3.63, 3.8) is 0 Å². The molecule has 1 N–H and O–H groups in total. The summed E-state index contributed by atoms with van der Waals surface area (Å²) < 4.78 is 68.2. The largest absolute Gasteiger partial charge is 0.573 e. The van der Waals surface area contributed by atoms with E-state index in [4.69, 9.17) is 0 Å². The highest BCUT2D eigenvalue weighted by Gasteiger charge is 2.51. The number of carbonyl (C=O) groups is 1. The molecule has 1 aromatic heterocycles. The molecule has 3 aliphatic rings. The van der Waals surface area contributed by atoms with Crippen molar-refractivity contribution in [1.82, 2.24) is 9.62 Å². The van der Waals surface area contributed by atoms with Crippen molar-refractivity contribution in [2.45, 2.75) is 62.2 Å². The molecule has 2 heterocycles. The normalized spacial score (nSPS) is 25.1. The molecule has 6 nitrogen and oxygen atoms in total. The molecule has 1 spiro atoms. The molecule has 0 atom stereocenters. The third-order valence-corrected chi connectivity index (χ3v) is 10.1. The Balaban J connectivity index is 1.17. The van der Waals surface area contributed by atoms with Gasteiger partial charge in [0, 0.05) is 24.0 Å². The summed E-state index contributed by atoms with van der Waals surface area (Å²) >= 11 is 1.58. The Morgan fingerprint density at radius 1 is 1.15 bits per heavy atom. The fraction of sp³-hybridized carbons (Fsp3) is 0.522. The molecule has 2 fully saturated rings. The zero-order chi connectivity index (χ0) is 24.1. The Morgan fingerprint density at radius 2 is 1.85 bits per heavy atom. The third-order valence-electron chi connectivity index (χ3n) is 7.01. The predicted octanol–water partition coefficient (Wildman–Crippen LogP) is 4.50. The lowest BCUT2D eigenvalue weighted by molar-refractivity contribution is -0.274. The third kappa shape index (κ3) is 4.70. The van der Waals surface area contributed by atoms with Crippen molar-refractivity contribution >= 4 is 27.3 Å². The second-order valence-corrected chi connectivity index (χ2v) is 12.5. The van der Waals surface area contributed by atoms with E-state index in [9.17, 15) is 26.4 Å². The molecule has 2 aromatic rings. The van der Waals surface area contributed by atoms with E-state index in [0.717, 1.165) is 42.0 Å². The lowest BCUT2D eigenvalue weighted by Gasteiger charge is -2.45. The number of thiophene rings is 1. The van der Waals surface area contributed by atoms with Gasteiger partial charge in [0.1, 0.15) is 5.75 Å². The van der Waals surface area contributed by atoms with E-state index in [2.05, 4.69) is 10.1 Å². The minimum absolute atomic E-state index is 0.0214. The molecule has 11 heteroatoms. The number of nitrogens with one attached hydrogen (secondary N) is 1. The number of carbonyl (C=O) groups excluding carboxylic acids is 1. The summed E-state index contributed by atoms with van der Waals surface area (Å²) in [5.74, 6) is -0.517. The molecule has 2 aliphatic carbocycles. The smallest absolute Gasteiger partial charge is 0.406 e. The number of benzene rings is 1. The number of amides is 1. The Kier molecular flexibility index (Phi) is 5.92. The Bertz CT molecular complexity index is 1160. The van der Waals surface area contributed by atoms with Gasteiger partial charge in [-0.15, -0.1) is 24.5 Å². The number of ether oxygens (including phenoxy) is 1. The van der Waals surface area contributed by atoms with Crippen LogP contribution < -0.4 is 10.1 Å². The van der Waals surface area contributed by atoms with Crippen molar-refractivity contribution in [2.24, 2.45) is 5.41 Å². The van der Waals surface area contributed by atoms with Crippen LogP contribution in [0.25, 0.3) is 0 Å². The first kappa shape index (κ1) is 23.6. The highest BCUT2D eigenvalue weighted by Crippen LogP contribution is 2.49. The van der Waals surface area contributed by atoms with Gasteiger partial charge in [-0.3, -0.25) is 4.79 Å². The van der Waals surface area contributed by atoms with Crippen molar-refractivity contribution in [1.29, 1.82) is 0 Å². The number of fused-ring (bicyclic) bond motifs is 1. The molecule has 0 unspecified atom stereocenters. The molecule has 1 aromatic carbocycles. The number of rotatable bonds is 5. The van der Waals surface area contributed by atoms with Crippen LogP contribution in [0.5, 0.6) is 5.75 Å². The first-order valence-corrected chi connectivity index (χ1v) is 13.6. The van der Waals surface area contributed by atoms with Crippen molar-refractivity contribution < 1.29 is 31.1 Å². The maximum Gasteiger partial charge on any atom is 0.573 e. The summed E-state index contributed by atoms with van der Waals surface area (Å²) in [6, 6.07) is 6.30. The fourth-order valence-electron chi connectivity index (χ4n) is 5.34. The van der Waals surface area contributed by atoms with Gasteiger partial charge >= 0.3 is 6.36 Å². The molecular weight excluding hydrogens is 489 g/mol. The standard InChI is InChI=1S/C23H25F3N2O4S2/c24-23(25,26)32-17-5-7-18(8-6-17)34(30,31)28-10-9-22(14-28)12-16(13-22)27-21(29)20-11-15-3-1-2-4-19(15)33-20/h5-8,11,16H,1-4,9-10,12-14H2,(H,27,29). The second-order valence-electron chi connectivity index (χ2n) is 9.45. The van der Waals surface area contributed by atoms with Crippen LogP contribution in [0.1, 0.15) is 52.2 Å². The lowest BCUT2D eigenvalue weighted by atomic mass is 9.65. The van der Waals surface area contributed by atoms with Gasteiger partial charge in [-0.2, -0.15) is 4.31 Å². The van der Waals surface area contributed by atoms with Crippen LogP contribution in [0, 0.1) is 5.41 Å². The molecule has 184 valence electrons. The lowest BCUT2D eigenvalue weighted by Crippen LogP contribution is -2.52. The molecule has 0 radical (unpaired) electrons. The van der Waals surface area contributed by atoms with Gasteiger partial charge in [-0.1, -0.05) is 0 Å². The fourth-order valence-corrected chi connectivity index (χ4v) is 8.05. The van der Waals surface area contributed by atoms with E-state index >= 15 is 0 Å². The summed E-state index contributed by atoms with van der Waals surface area (Å²) in [7, 11) is -3.82. The van der Waals surface area contributed by atoms with Gasteiger partial charge in [-0.25, -0.2) is 8.42 Å². The summed E-state index contributed by atoms with van der Waals surface area (Å²) in [6.45, 7) is 0.692. The first-order chi connectivity index (χ1) is 16.0. The molecule has 1 saturated carbocycles. The van der Waals surface area contributed by atoms with Crippen LogP contribution in [0.3, 0.4) is 0 Å². The second kappa shape index (κ2) is 8.53. The van der Waals surface area contributed by atoms with Crippen LogP contribution in [-0.2, 0) is 22.9 Å². The molecule has 1 amide bonds. The topological polar surface area (TPSA) is 75.7 Å². The van der Waals surface area contributed by atoms with Gasteiger partial charge in [0.05, 0.1) is 9.77 Å². The van der Waals surface area contributed by atoms with E-state index in [1.807, 2.05) is 6.07 Å². The van der Waals surface area contributed by atoms with E-state index in [1.54, 1.807) is 11.3 Å². The van der Waals surface area contributed by atoms with E-state index in [1.165, 1.54) is 27.6 Å². The Morgan fingerprint density at radius 3 is 2.53 bits per heavy atom. The number of nitrogens with zero attached hydrogens (tertiary/aromatic N) is 1.